The minimum absolute atomic E-state index is 0. The Hall–Kier alpha value is 1.35. The molecule has 1 heterocycles. The van der Waals surface area contributed by atoms with E-state index in [1.54, 1.807) is 6.92 Å². The molecule has 72 valence electrons. The van der Waals surface area contributed by atoms with Crippen molar-refractivity contribution in [1.29, 1.82) is 0 Å². The zero-order valence-corrected chi connectivity index (χ0v) is 12.2. The second-order valence-electron chi connectivity index (χ2n) is 2.01. The molecule has 0 saturated carbocycles. The molecule has 1 aliphatic rings. The van der Waals surface area contributed by atoms with Gasteiger partial charge in [0, 0.05) is 11.5 Å². The molecular weight excluding hydrogens is 239 g/mol. The second kappa shape index (κ2) is 9.89. The summed E-state index contributed by atoms with van der Waals surface area (Å²) in [6, 6.07) is 0. The fourth-order valence-electron chi connectivity index (χ4n) is 0.446. The van der Waals surface area contributed by atoms with Crippen LogP contribution in [0, 0.1) is 0 Å². The van der Waals surface area contributed by atoms with Gasteiger partial charge in [-0.1, -0.05) is 34.6 Å². The van der Waals surface area contributed by atoms with Gasteiger partial charge in [-0.3, -0.25) is 0 Å². The number of hydrogen-bond acceptors (Lipinski definition) is 5. The van der Waals surface area contributed by atoms with E-state index in [0.717, 1.165) is 0 Å². The molecule has 7 heteroatoms. The van der Waals surface area contributed by atoms with Gasteiger partial charge >= 0.3 is 29.6 Å². The van der Waals surface area contributed by atoms with Crippen molar-refractivity contribution in [3.8, 4) is 0 Å². The van der Waals surface area contributed by atoms with Crippen LogP contribution in [0.1, 0.15) is 13.3 Å². The van der Waals surface area contributed by atoms with Crippen molar-refractivity contribution < 1.29 is 42.5 Å². The molecule has 0 saturated heterocycles. The van der Waals surface area contributed by atoms with Crippen molar-refractivity contribution in [2.45, 2.75) is 13.3 Å². The Kier molecular flexibility index (Phi) is 12.8. The first-order chi connectivity index (χ1) is 5.56. The van der Waals surface area contributed by atoms with Gasteiger partial charge in [0.15, 0.2) is 0 Å². The summed E-state index contributed by atoms with van der Waals surface area (Å²) < 4.78 is 29.0. The molecule has 0 aliphatic carbocycles. The van der Waals surface area contributed by atoms with Gasteiger partial charge < -0.3 is 4.55 Å². The molecule has 0 aromatic rings. The minimum Gasteiger partial charge on any atom is -0.748 e. The first kappa shape index (κ1) is 16.8. The van der Waals surface area contributed by atoms with Gasteiger partial charge in [-0.05, 0) is 11.8 Å². The summed E-state index contributed by atoms with van der Waals surface area (Å²) in [7, 11) is -0.234. The van der Waals surface area contributed by atoms with Crippen molar-refractivity contribution in [3.05, 3.63) is 11.5 Å². The third kappa shape index (κ3) is 16.1. The average molecular weight is 250 g/mol. The molecule has 0 aromatic heterocycles. The predicted molar refractivity (Wildman–Crippen MR) is 54.0 cm³/mol. The maximum absolute atomic E-state index is 9.68. The van der Waals surface area contributed by atoms with Gasteiger partial charge in [0.05, 0.1) is 10.1 Å². The summed E-state index contributed by atoms with van der Waals surface area (Å²) in [6.07, 6.45) is 2.57. The number of hydrogen-bond donors (Lipinski definition) is 0. The molecule has 0 amide bonds. The zero-order valence-electron chi connectivity index (χ0n) is 7.73. The molecule has 3 nitrogen and oxygen atoms in total. The van der Waals surface area contributed by atoms with Crippen LogP contribution in [-0.4, -0.2) is 24.5 Å². The molecule has 0 radical (unpaired) electrons. The van der Waals surface area contributed by atoms with Crippen molar-refractivity contribution in [1.82, 2.24) is 0 Å². The molecule has 0 unspecified atom stereocenters. The van der Waals surface area contributed by atoms with Gasteiger partial charge in [0.25, 0.3) is 0 Å². The van der Waals surface area contributed by atoms with E-state index in [9.17, 15) is 13.0 Å². The molecule has 1 rings (SSSR count). The van der Waals surface area contributed by atoms with Gasteiger partial charge in [0.1, 0.15) is 0 Å². The Morgan fingerprint density at radius 3 is 2.23 bits per heavy atom. The molecule has 0 spiro atoms. The predicted octanol–water partition coefficient (Wildman–Crippen LogP) is -1.16. The van der Waals surface area contributed by atoms with Crippen LogP contribution in [0.3, 0.4) is 0 Å². The fourth-order valence-corrected chi connectivity index (χ4v) is 2.52. The SMILES string of the molecule is C1=CSSC1.CCCS(=O)(=O)[O-].[Na+]. The third-order valence-electron chi connectivity index (χ3n) is 0.838. The topological polar surface area (TPSA) is 57.2 Å². The molecule has 13 heavy (non-hydrogen) atoms. The fraction of sp³-hybridized carbons (Fsp3) is 0.667. The van der Waals surface area contributed by atoms with Crippen LogP contribution in [-0.2, 0) is 10.1 Å². The Bertz CT molecular complexity index is 219. The van der Waals surface area contributed by atoms with E-state index in [1.807, 2.05) is 21.6 Å². The molecule has 0 bridgehead atoms. The molecular formula is C6H11NaO3S3. The van der Waals surface area contributed by atoms with Crippen LogP contribution < -0.4 is 29.6 Å². The molecule has 0 N–H and O–H groups in total. The Morgan fingerprint density at radius 1 is 1.54 bits per heavy atom. The maximum Gasteiger partial charge on any atom is 1.00 e. The van der Waals surface area contributed by atoms with Crippen molar-refractivity contribution in [2.75, 3.05) is 11.5 Å². The van der Waals surface area contributed by atoms with E-state index in [0.29, 0.717) is 6.42 Å². The van der Waals surface area contributed by atoms with E-state index in [1.165, 1.54) is 5.75 Å². The Morgan fingerprint density at radius 2 is 2.15 bits per heavy atom. The van der Waals surface area contributed by atoms with E-state index in [-0.39, 0.29) is 35.3 Å². The second-order valence-corrected chi connectivity index (χ2v) is 5.86. The molecule has 0 aromatic carbocycles. The summed E-state index contributed by atoms with van der Waals surface area (Å²) >= 11 is 0. The van der Waals surface area contributed by atoms with Crippen LogP contribution in [0.5, 0.6) is 0 Å². The smallest absolute Gasteiger partial charge is 0.748 e. The molecule has 0 fully saturated rings. The maximum atomic E-state index is 9.68. The van der Waals surface area contributed by atoms with Crippen molar-refractivity contribution in [2.24, 2.45) is 0 Å². The van der Waals surface area contributed by atoms with Crippen LogP contribution in [0.4, 0.5) is 0 Å². The van der Waals surface area contributed by atoms with Crippen molar-refractivity contribution in [3.63, 3.8) is 0 Å². The first-order valence-corrected chi connectivity index (χ1v) is 7.39. The quantitative estimate of drug-likeness (QED) is 0.351. The average Bonchev–Trinajstić information content (AvgIpc) is 2.38. The summed E-state index contributed by atoms with van der Waals surface area (Å²) in [5.74, 6) is 0.956. The molecule has 1 aliphatic heterocycles. The summed E-state index contributed by atoms with van der Waals surface area (Å²) in [5.41, 5.74) is 0. The van der Waals surface area contributed by atoms with Gasteiger partial charge in [-0.15, -0.1) is 0 Å². The first-order valence-electron chi connectivity index (χ1n) is 3.43. The van der Waals surface area contributed by atoms with E-state index < -0.39 is 10.1 Å². The van der Waals surface area contributed by atoms with E-state index in [4.69, 9.17) is 0 Å². The van der Waals surface area contributed by atoms with Crippen molar-refractivity contribution >= 4 is 31.7 Å². The third-order valence-corrected chi connectivity index (χ3v) is 3.66. The van der Waals surface area contributed by atoms with Crippen LogP contribution in [0.15, 0.2) is 11.5 Å². The summed E-state index contributed by atoms with van der Waals surface area (Å²) in [6.45, 7) is 1.65. The number of rotatable bonds is 2. The summed E-state index contributed by atoms with van der Waals surface area (Å²) in [5, 5.41) is 2.12. The van der Waals surface area contributed by atoms with Gasteiger partial charge in [-0.2, -0.15) is 0 Å². The Balaban J connectivity index is 0. The zero-order chi connectivity index (χ0) is 9.45. The monoisotopic (exact) mass is 250 g/mol. The minimum atomic E-state index is -3.92. The molecule has 0 atom stereocenters. The van der Waals surface area contributed by atoms with Gasteiger partial charge in [0.2, 0.25) is 0 Å². The Labute approximate surface area is 110 Å². The van der Waals surface area contributed by atoms with E-state index in [2.05, 4.69) is 11.5 Å². The van der Waals surface area contributed by atoms with E-state index >= 15 is 0 Å². The standard InChI is InChI=1S/C3H8O3S.C3H4S2.Na/c1-2-3-7(4,5)6;1-2-4-5-3-1;/h2-3H2,1H3,(H,4,5,6);1-2H,3H2;/q;;+1/p-1. The normalized spacial score (nSPS) is 14.3. The largest absolute Gasteiger partial charge is 1.00 e. The van der Waals surface area contributed by atoms with Gasteiger partial charge in [-0.25, -0.2) is 8.42 Å². The van der Waals surface area contributed by atoms with Crippen LogP contribution >= 0.6 is 21.6 Å². The van der Waals surface area contributed by atoms with Crippen LogP contribution in [0.2, 0.25) is 0 Å². The summed E-state index contributed by atoms with van der Waals surface area (Å²) in [4.78, 5) is 0. The van der Waals surface area contributed by atoms with Crippen LogP contribution in [0.25, 0.3) is 0 Å².